The SMILES string of the molecule is CCCCC[C@@H](CC[C@@H]1[C@H]2Cc3cccc(OCC(=O)OCCCC)c3C[C@H]2C[C@H]1O)OCCOP(=O)(OCCCC)OCCCC. The van der Waals surface area contributed by atoms with Crippen LogP contribution in [-0.4, -0.2) is 62.9 Å². The lowest BCUT2D eigenvalue weighted by Crippen LogP contribution is -2.28. The summed E-state index contributed by atoms with van der Waals surface area (Å²) in [5.74, 6) is 1.41. The summed E-state index contributed by atoms with van der Waals surface area (Å²) in [5, 5.41) is 11.2. The Kier molecular flexibility index (Phi) is 18.9. The second-order valence-electron chi connectivity index (χ2n) is 13.3. The zero-order valence-electron chi connectivity index (χ0n) is 29.6. The highest BCUT2D eigenvalue weighted by Gasteiger charge is 2.45. The van der Waals surface area contributed by atoms with Gasteiger partial charge in [-0.2, -0.15) is 0 Å². The van der Waals surface area contributed by atoms with Gasteiger partial charge in [0.15, 0.2) is 6.61 Å². The molecule has 47 heavy (non-hydrogen) atoms. The van der Waals surface area contributed by atoms with Crippen molar-refractivity contribution in [1.29, 1.82) is 0 Å². The van der Waals surface area contributed by atoms with E-state index >= 15 is 0 Å². The Balaban J connectivity index is 1.54. The lowest BCUT2D eigenvalue weighted by atomic mass is 9.73. The summed E-state index contributed by atoms with van der Waals surface area (Å²) in [6.07, 6.45) is 13.6. The summed E-state index contributed by atoms with van der Waals surface area (Å²) in [5.41, 5.74) is 2.42. The van der Waals surface area contributed by atoms with Crippen LogP contribution in [0.4, 0.5) is 0 Å². The third-order valence-corrected chi connectivity index (χ3v) is 11.1. The molecule has 1 aromatic carbocycles. The number of phosphoric acid groups is 1. The summed E-state index contributed by atoms with van der Waals surface area (Å²) in [7, 11) is -3.61. The molecule has 1 aromatic rings. The largest absolute Gasteiger partial charge is 0.482 e. The van der Waals surface area contributed by atoms with Crippen LogP contribution in [0.2, 0.25) is 0 Å². The van der Waals surface area contributed by atoms with Gasteiger partial charge in [-0.25, -0.2) is 9.36 Å². The predicted molar refractivity (Wildman–Crippen MR) is 185 cm³/mol. The molecule has 0 aliphatic heterocycles. The average molecular weight is 683 g/mol. The lowest BCUT2D eigenvalue weighted by Gasteiger charge is -2.33. The van der Waals surface area contributed by atoms with Crippen LogP contribution in [0.1, 0.15) is 122 Å². The Morgan fingerprint density at radius 3 is 2.23 bits per heavy atom. The van der Waals surface area contributed by atoms with E-state index in [0.717, 1.165) is 102 Å². The van der Waals surface area contributed by atoms with Gasteiger partial charge >= 0.3 is 13.8 Å². The molecular formula is C37H63O9P. The molecule has 2 aliphatic carbocycles. The Bertz CT molecular complexity index is 1050. The number of carbonyl (C=O) groups is 1. The molecule has 0 aromatic heterocycles. The molecule has 0 saturated heterocycles. The first kappa shape index (κ1) is 40.0. The van der Waals surface area contributed by atoms with Crippen molar-refractivity contribution < 1.29 is 42.2 Å². The first-order chi connectivity index (χ1) is 22.8. The smallest absolute Gasteiger partial charge is 0.474 e. The van der Waals surface area contributed by atoms with Crippen molar-refractivity contribution in [3.05, 3.63) is 29.3 Å². The molecule has 2 aliphatic rings. The number of carbonyl (C=O) groups excluding carboxylic acids is 1. The van der Waals surface area contributed by atoms with Gasteiger partial charge in [0, 0.05) is 0 Å². The lowest BCUT2D eigenvalue weighted by molar-refractivity contribution is -0.146. The molecular weight excluding hydrogens is 619 g/mol. The summed E-state index contributed by atoms with van der Waals surface area (Å²) >= 11 is 0. The number of rotatable bonds is 26. The number of esters is 1. The summed E-state index contributed by atoms with van der Waals surface area (Å²) in [6, 6.07) is 6.10. The van der Waals surface area contributed by atoms with E-state index in [4.69, 9.17) is 27.8 Å². The molecule has 0 bridgehead atoms. The average Bonchev–Trinajstić information content (AvgIpc) is 3.37. The van der Waals surface area contributed by atoms with Gasteiger partial charge in [-0.05, 0) is 92.7 Å². The van der Waals surface area contributed by atoms with Crippen molar-refractivity contribution in [2.45, 2.75) is 136 Å². The number of hydrogen-bond donors (Lipinski definition) is 1. The van der Waals surface area contributed by atoms with Gasteiger partial charge in [-0.3, -0.25) is 13.6 Å². The van der Waals surface area contributed by atoms with Crippen LogP contribution in [0.25, 0.3) is 0 Å². The maximum absolute atomic E-state index is 13.1. The second kappa shape index (κ2) is 22.3. The van der Waals surface area contributed by atoms with E-state index in [-0.39, 0.29) is 37.3 Å². The molecule has 0 heterocycles. The first-order valence-electron chi connectivity index (χ1n) is 18.6. The van der Waals surface area contributed by atoms with Crippen molar-refractivity contribution in [1.82, 2.24) is 0 Å². The first-order valence-corrected chi connectivity index (χ1v) is 20.0. The van der Waals surface area contributed by atoms with E-state index < -0.39 is 7.82 Å². The van der Waals surface area contributed by atoms with Crippen LogP contribution in [0.3, 0.4) is 0 Å². The highest BCUT2D eigenvalue weighted by molar-refractivity contribution is 7.48. The highest BCUT2D eigenvalue weighted by atomic mass is 31.2. The monoisotopic (exact) mass is 682 g/mol. The molecule has 0 radical (unpaired) electrons. The van der Waals surface area contributed by atoms with Gasteiger partial charge in [0.05, 0.1) is 45.2 Å². The Morgan fingerprint density at radius 2 is 1.53 bits per heavy atom. The van der Waals surface area contributed by atoms with E-state index in [1.807, 2.05) is 12.1 Å². The standard InChI is InChI=1S/C37H63O9P/c1-5-9-13-16-31(41-23-24-46-47(40,44-21-11-7-3)45-22-12-8-4)18-19-32-33-25-29-15-14-17-36(34(29)26-30(33)27-35(32)38)43-28-37(39)42-20-10-6-2/h14-15,17,30-33,35,38H,5-13,16,18-28H2,1-4H3/t30-,31-,32+,33-,35+/m0/s1. The molecule has 5 atom stereocenters. The minimum atomic E-state index is -3.61. The zero-order valence-corrected chi connectivity index (χ0v) is 30.5. The normalized spacial score (nSPS) is 21.3. The van der Waals surface area contributed by atoms with Crippen LogP contribution in [-0.2, 0) is 45.2 Å². The van der Waals surface area contributed by atoms with Gasteiger partial charge in [0.1, 0.15) is 5.75 Å². The fraction of sp³-hybridized carbons (Fsp3) is 0.811. The molecule has 0 amide bonds. The van der Waals surface area contributed by atoms with Gasteiger partial charge in [-0.15, -0.1) is 0 Å². The van der Waals surface area contributed by atoms with Crippen molar-refractivity contribution in [3.63, 3.8) is 0 Å². The minimum absolute atomic E-state index is 0.0470. The van der Waals surface area contributed by atoms with Crippen LogP contribution >= 0.6 is 7.82 Å². The van der Waals surface area contributed by atoms with E-state index in [9.17, 15) is 14.5 Å². The zero-order chi connectivity index (χ0) is 33.9. The van der Waals surface area contributed by atoms with Crippen molar-refractivity contribution >= 4 is 13.8 Å². The number of phosphoric ester groups is 1. The fourth-order valence-corrected chi connectivity index (χ4v) is 8.10. The molecule has 0 spiro atoms. The van der Waals surface area contributed by atoms with Crippen LogP contribution in [0.15, 0.2) is 18.2 Å². The summed E-state index contributed by atoms with van der Waals surface area (Å²) < 4.78 is 47.4. The van der Waals surface area contributed by atoms with Crippen LogP contribution < -0.4 is 4.74 Å². The Hall–Kier alpha value is -1.48. The molecule has 270 valence electrons. The van der Waals surface area contributed by atoms with Crippen molar-refractivity contribution in [2.75, 3.05) is 39.6 Å². The van der Waals surface area contributed by atoms with Gasteiger partial charge in [0.2, 0.25) is 0 Å². The van der Waals surface area contributed by atoms with Crippen molar-refractivity contribution in [2.24, 2.45) is 17.8 Å². The molecule has 1 saturated carbocycles. The summed E-state index contributed by atoms with van der Waals surface area (Å²) in [6.45, 7) is 9.87. The molecule has 3 rings (SSSR count). The predicted octanol–water partition coefficient (Wildman–Crippen LogP) is 8.62. The number of benzene rings is 1. The van der Waals surface area contributed by atoms with Crippen LogP contribution in [0.5, 0.6) is 5.75 Å². The molecule has 10 heteroatoms. The van der Waals surface area contributed by atoms with Crippen LogP contribution in [0, 0.1) is 17.8 Å². The number of ether oxygens (including phenoxy) is 3. The number of hydrogen-bond acceptors (Lipinski definition) is 9. The van der Waals surface area contributed by atoms with Gasteiger partial charge in [0.25, 0.3) is 0 Å². The molecule has 1 fully saturated rings. The number of aliphatic hydroxyl groups is 1. The number of unbranched alkanes of at least 4 members (excludes halogenated alkanes) is 5. The second-order valence-corrected chi connectivity index (χ2v) is 14.9. The number of aliphatic hydroxyl groups excluding tert-OH is 1. The van der Waals surface area contributed by atoms with Crippen molar-refractivity contribution in [3.8, 4) is 5.75 Å². The van der Waals surface area contributed by atoms with E-state index in [1.165, 1.54) is 11.1 Å². The molecule has 0 unspecified atom stereocenters. The topological polar surface area (TPSA) is 110 Å². The Morgan fingerprint density at radius 1 is 0.851 bits per heavy atom. The summed E-state index contributed by atoms with van der Waals surface area (Å²) in [4.78, 5) is 12.1. The van der Waals surface area contributed by atoms with E-state index in [1.54, 1.807) is 0 Å². The van der Waals surface area contributed by atoms with E-state index in [2.05, 4.69) is 33.8 Å². The maximum atomic E-state index is 13.1. The number of fused-ring (bicyclic) bond motifs is 2. The highest BCUT2D eigenvalue weighted by Crippen LogP contribution is 2.50. The van der Waals surface area contributed by atoms with Gasteiger partial charge < -0.3 is 19.3 Å². The van der Waals surface area contributed by atoms with Gasteiger partial charge in [-0.1, -0.05) is 78.4 Å². The maximum Gasteiger partial charge on any atom is 0.474 e. The molecule has 9 nitrogen and oxygen atoms in total. The third-order valence-electron chi connectivity index (χ3n) is 9.58. The van der Waals surface area contributed by atoms with E-state index in [0.29, 0.717) is 38.3 Å². The Labute approximate surface area is 284 Å². The fourth-order valence-electron chi connectivity index (χ4n) is 6.88. The minimum Gasteiger partial charge on any atom is -0.482 e. The third kappa shape index (κ3) is 13.7. The quantitative estimate of drug-likeness (QED) is 0.0583. The molecule has 1 N–H and O–H groups in total.